The molecule has 2 aliphatic rings. The van der Waals surface area contributed by atoms with E-state index in [-0.39, 0.29) is 12.0 Å². The van der Waals surface area contributed by atoms with Crippen molar-refractivity contribution in [3.63, 3.8) is 0 Å². The second-order valence-corrected chi connectivity index (χ2v) is 6.94. The summed E-state index contributed by atoms with van der Waals surface area (Å²) in [6, 6.07) is 0. The van der Waals surface area contributed by atoms with Crippen LogP contribution in [-0.2, 0) is 4.79 Å². The molecule has 0 spiro atoms. The van der Waals surface area contributed by atoms with Gasteiger partial charge >= 0.3 is 5.97 Å². The smallest absolute Gasteiger partial charge is 0.305 e. The van der Waals surface area contributed by atoms with Gasteiger partial charge in [-0.25, -0.2) is 0 Å². The van der Waals surface area contributed by atoms with Crippen molar-refractivity contribution in [1.82, 2.24) is 10.2 Å². The predicted molar refractivity (Wildman–Crippen MR) is 65.9 cm³/mol. The first kappa shape index (κ1) is 12.2. The Bertz CT molecular complexity index is 271. The molecule has 5 heteroatoms. The van der Waals surface area contributed by atoms with Crippen molar-refractivity contribution < 1.29 is 9.90 Å². The standard InChI is InChI=1S/C11H20N2O2S/c1-8-4-13(5-9(2)16-8)11(3-10(14)15)6-12-7-11/h8-9,12H,3-7H2,1-2H3,(H,14,15). The van der Waals surface area contributed by atoms with Gasteiger partial charge in [-0.05, 0) is 0 Å². The molecule has 2 aliphatic heterocycles. The molecule has 0 aromatic carbocycles. The quantitative estimate of drug-likeness (QED) is 0.762. The van der Waals surface area contributed by atoms with Gasteiger partial charge in [0.25, 0.3) is 0 Å². The molecule has 2 saturated heterocycles. The molecule has 2 rings (SSSR count). The van der Waals surface area contributed by atoms with Crippen molar-refractivity contribution >= 4 is 17.7 Å². The van der Waals surface area contributed by atoms with Gasteiger partial charge in [-0.2, -0.15) is 11.8 Å². The molecule has 2 atom stereocenters. The van der Waals surface area contributed by atoms with Crippen LogP contribution in [0.1, 0.15) is 20.3 Å². The summed E-state index contributed by atoms with van der Waals surface area (Å²) in [7, 11) is 0. The summed E-state index contributed by atoms with van der Waals surface area (Å²) in [5.74, 6) is -0.681. The minimum Gasteiger partial charge on any atom is -0.481 e. The molecular formula is C11H20N2O2S. The van der Waals surface area contributed by atoms with Gasteiger partial charge in [0.2, 0.25) is 0 Å². The van der Waals surface area contributed by atoms with Crippen molar-refractivity contribution in [2.24, 2.45) is 0 Å². The fraction of sp³-hybridized carbons (Fsp3) is 0.909. The number of hydrogen-bond acceptors (Lipinski definition) is 4. The number of carboxylic acid groups (broad SMARTS) is 1. The third-order valence-electron chi connectivity index (χ3n) is 3.48. The van der Waals surface area contributed by atoms with Crippen LogP contribution < -0.4 is 5.32 Å². The van der Waals surface area contributed by atoms with Crippen molar-refractivity contribution in [3.8, 4) is 0 Å². The first-order valence-electron chi connectivity index (χ1n) is 5.85. The van der Waals surface area contributed by atoms with Crippen LogP contribution in [0.5, 0.6) is 0 Å². The van der Waals surface area contributed by atoms with Crippen LogP contribution in [-0.4, -0.2) is 58.2 Å². The molecule has 16 heavy (non-hydrogen) atoms. The van der Waals surface area contributed by atoms with Crippen LogP contribution in [0.3, 0.4) is 0 Å². The number of carbonyl (C=O) groups is 1. The Morgan fingerprint density at radius 1 is 1.44 bits per heavy atom. The largest absolute Gasteiger partial charge is 0.481 e. The lowest BCUT2D eigenvalue weighted by atomic mass is 9.86. The Labute approximate surface area is 101 Å². The Hall–Kier alpha value is -0.260. The first-order chi connectivity index (χ1) is 7.52. The maximum Gasteiger partial charge on any atom is 0.305 e. The fourth-order valence-corrected chi connectivity index (χ4v) is 4.05. The lowest BCUT2D eigenvalue weighted by Crippen LogP contribution is -2.71. The summed E-state index contributed by atoms with van der Waals surface area (Å²) in [5, 5.41) is 13.5. The highest BCUT2D eigenvalue weighted by Crippen LogP contribution is 2.33. The third-order valence-corrected chi connectivity index (χ3v) is 4.71. The lowest BCUT2D eigenvalue weighted by molar-refractivity contribution is -0.142. The lowest BCUT2D eigenvalue weighted by Gasteiger charge is -2.53. The summed E-state index contributed by atoms with van der Waals surface area (Å²) in [5.41, 5.74) is -0.116. The van der Waals surface area contributed by atoms with E-state index < -0.39 is 5.97 Å². The summed E-state index contributed by atoms with van der Waals surface area (Å²) in [6.45, 7) is 8.14. The normalized spacial score (nSPS) is 34.4. The second kappa shape index (κ2) is 4.55. The number of aliphatic carboxylic acids is 1. The number of hydrogen-bond donors (Lipinski definition) is 2. The summed E-state index contributed by atoms with van der Waals surface area (Å²) in [6.07, 6.45) is 0.268. The Kier molecular flexibility index (Phi) is 3.47. The van der Waals surface area contributed by atoms with Gasteiger partial charge < -0.3 is 10.4 Å². The molecule has 0 aromatic rings. The molecule has 0 aromatic heterocycles. The van der Waals surface area contributed by atoms with Crippen LogP contribution in [0, 0.1) is 0 Å². The molecule has 2 fully saturated rings. The minimum atomic E-state index is -0.681. The highest BCUT2D eigenvalue weighted by atomic mass is 32.2. The minimum absolute atomic E-state index is 0.116. The number of nitrogens with zero attached hydrogens (tertiary/aromatic N) is 1. The summed E-state index contributed by atoms with van der Waals surface area (Å²) < 4.78 is 0. The third kappa shape index (κ3) is 2.36. The zero-order chi connectivity index (χ0) is 11.8. The molecule has 0 amide bonds. The van der Waals surface area contributed by atoms with Crippen molar-refractivity contribution in [1.29, 1.82) is 0 Å². The second-order valence-electron chi connectivity index (χ2n) is 5.06. The van der Waals surface area contributed by atoms with Gasteiger partial charge in [-0.15, -0.1) is 0 Å². The molecule has 0 radical (unpaired) electrons. The van der Waals surface area contributed by atoms with Gasteiger partial charge in [0.05, 0.1) is 12.0 Å². The Balaban J connectivity index is 2.05. The highest BCUT2D eigenvalue weighted by molar-refractivity contribution is 8.00. The van der Waals surface area contributed by atoms with Crippen LogP contribution in [0.4, 0.5) is 0 Å². The monoisotopic (exact) mass is 244 g/mol. The topological polar surface area (TPSA) is 52.6 Å². The number of carboxylic acids is 1. The average molecular weight is 244 g/mol. The van der Waals surface area contributed by atoms with E-state index in [0.29, 0.717) is 10.5 Å². The molecule has 2 N–H and O–H groups in total. The van der Waals surface area contributed by atoms with Crippen LogP contribution >= 0.6 is 11.8 Å². The molecular weight excluding hydrogens is 224 g/mol. The Morgan fingerprint density at radius 3 is 2.38 bits per heavy atom. The van der Waals surface area contributed by atoms with Crippen molar-refractivity contribution in [2.75, 3.05) is 26.2 Å². The zero-order valence-corrected chi connectivity index (χ0v) is 10.7. The zero-order valence-electron chi connectivity index (χ0n) is 9.90. The van der Waals surface area contributed by atoms with E-state index in [9.17, 15) is 4.79 Å². The Morgan fingerprint density at radius 2 is 2.00 bits per heavy atom. The molecule has 4 nitrogen and oxygen atoms in total. The number of rotatable bonds is 3. The summed E-state index contributed by atoms with van der Waals surface area (Å²) in [4.78, 5) is 13.3. The maximum atomic E-state index is 11.0. The fourth-order valence-electron chi connectivity index (χ4n) is 2.72. The van der Waals surface area contributed by atoms with Crippen molar-refractivity contribution in [3.05, 3.63) is 0 Å². The molecule has 0 bridgehead atoms. The van der Waals surface area contributed by atoms with E-state index in [1.54, 1.807) is 0 Å². The number of nitrogens with one attached hydrogen (secondary N) is 1. The van der Waals surface area contributed by atoms with E-state index >= 15 is 0 Å². The van der Waals surface area contributed by atoms with E-state index in [4.69, 9.17) is 5.11 Å². The van der Waals surface area contributed by atoms with Crippen LogP contribution in [0.2, 0.25) is 0 Å². The highest BCUT2D eigenvalue weighted by Gasteiger charge is 2.46. The SMILES string of the molecule is CC1CN(C2(CC(=O)O)CNC2)CC(C)S1. The molecule has 0 aliphatic carbocycles. The summed E-state index contributed by atoms with van der Waals surface area (Å²) >= 11 is 2.01. The van der Waals surface area contributed by atoms with E-state index in [1.165, 1.54) is 0 Å². The molecule has 92 valence electrons. The van der Waals surface area contributed by atoms with Gasteiger partial charge in [0.15, 0.2) is 0 Å². The van der Waals surface area contributed by atoms with E-state index in [2.05, 4.69) is 24.1 Å². The average Bonchev–Trinajstić information content (AvgIpc) is 2.09. The molecule has 0 saturated carbocycles. The first-order valence-corrected chi connectivity index (χ1v) is 6.79. The molecule has 2 unspecified atom stereocenters. The van der Waals surface area contributed by atoms with Gasteiger partial charge in [-0.3, -0.25) is 9.69 Å². The van der Waals surface area contributed by atoms with Crippen molar-refractivity contribution in [2.45, 2.75) is 36.3 Å². The van der Waals surface area contributed by atoms with Crippen LogP contribution in [0.25, 0.3) is 0 Å². The number of thioether (sulfide) groups is 1. The molecule has 2 heterocycles. The maximum absolute atomic E-state index is 11.0. The van der Waals surface area contributed by atoms with Gasteiger partial charge in [0.1, 0.15) is 0 Å². The van der Waals surface area contributed by atoms with E-state index in [0.717, 1.165) is 26.2 Å². The van der Waals surface area contributed by atoms with Gasteiger partial charge in [-0.1, -0.05) is 13.8 Å². The van der Waals surface area contributed by atoms with Gasteiger partial charge in [0, 0.05) is 36.7 Å². The predicted octanol–water partition coefficient (Wildman–Crippen LogP) is 0.629. The van der Waals surface area contributed by atoms with E-state index in [1.807, 2.05) is 11.8 Å². The van der Waals surface area contributed by atoms with Crippen LogP contribution in [0.15, 0.2) is 0 Å².